The second-order valence-electron chi connectivity index (χ2n) is 4.85. The summed E-state index contributed by atoms with van der Waals surface area (Å²) in [6.45, 7) is 2.11. The lowest BCUT2D eigenvalue weighted by molar-refractivity contribution is -0.142. The Morgan fingerprint density at radius 2 is 2.05 bits per heavy atom. The molecular formula is C15H17NO5. The molecular weight excluding hydrogens is 274 g/mol. The molecule has 0 N–H and O–H groups in total. The lowest BCUT2D eigenvalue weighted by atomic mass is 10.2. The Labute approximate surface area is 122 Å². The Morgan fingerprint density at radius 3 is 2.67 bits per heavy atom. The van der Waals surface area contributed by atoms with Gasteiger partial charge < -0.3 is 14.4 Å². The van der Waals surface area contributed by atoms with E-state index in [-0.39, 0.29) is 18.6 Å². The lowest BCUT2D eigenvalue weighted by Gasteiger charge is -2.23. The van der Waals surface area contributed by atoms with Crippen molar-refractivity contribution in [3.05, 3.63) is 29.8 Å². The topological polar surface area (TPSA) is 72.9 Å². The Balaban J connectivity index is 1.94. The number of amides is 1. The van der Waals surface area contributed by atoms with Crippen molar-refractivity contribution in [2.75, 3.05) is 13.2 Å². The van der Waals surface area contributed by atoms with Gasteiger partial charge >= 0.3 is 12.1 Å². The predicted molar refractivity (Wildman–Crippen MR) is 74.2 cm³/mol. The van der Waals surface area contributed by atoms with E-state index in [0.29, 0.717) is 17.9 Å². The Kier molecular flexibility index (Phi) is 4.92. The Hall–Kier alpha value is -2.37. The maximum atomic E-state index is 12.1. The van der Waals surface area contributed by atoms with E-state index in [0.717, 1.165) is 19.1 Å². The molecule has 1 aromatic rings. The summed E-state index contributed by atoms with van der Waals surface area (Å²) in [5.74, 6) is 0.0170. The maximum Gasteiger partial charge on any atom is 0.415 e. The minimum atomic E-state index is -0.469. The van der Waals surface area contributed by atoms with Crippen molar-refractivity contribution in [3.63, 3.8) is 0 Å². The number of nitrogens with zero attached hydrogens (tertiary/aromatic N) is 1. The van der Waals surface area contributed by atoms with Crippen molar-refractivity contribution >= 4 is 18.3 Å². The maximum absolute atomic E-state index is 12.1. The quantitative estimate of drug-likeness (QED) is 0.627. The first kappa shape index (κ1) is 15.0. The number of benzene rings is 1. The van der Waals surface area contributed by atoms with Crippen LogP contribution >= 0.6 is 0 Å². The fourth-order valence-electron chi connectivity index (χ4n) is 2.24. The zero-order valence-electron chi connectivity index (χ0n) is 11.8. The van der Waals surface area contributed by atoms with Gasteiger partial charge in [0.25, 0.3) is 0 Å². The van der Waals surface area contributed by atoms with Crippen LogP contribution in [0.2, 0.25) is 0 Å². The molecule has 1 aliphatic heterocycles. The monoisotopic (exact) mass is 291 g/mol. The molecule has 0 spiro atoms. The summed E-state index contributed by atoms with van der Waals surface area (Å²) in [7, 11) is 0. The standard InChI is InChI=1S/C15H17NO5/c1-11(18)20-10-13-3-2-8-16(13)15(19)21-14-6-4-12(9-17)5-7-14/h4-7,9,13H,2-3,8,10H2,1H3. The first-order valence-corrected chi connectivity index (χ1v) is 6.77. The number of hydrogen-bond donors (Lipinski definition) is 0. The smallest absolute Gasteiger partial charge is 0.415 e. The van der Waals surface area contributed by atoms with Crippen molar-refractivity contribution in [2.45, 2.75) is 25.8 Å². The van der Waals surface area contributed by atoms with Crippen LogP contribution in [0.1, 0.15) is 30.1 Å². The number of likely N-dealkylation sites (tertiary alicyclic amines) is 1. The molecule has 21 heavy (non-hydrogen) atoms. The van der Waals surface area contributed by atoms with Gasteiger partial charge in [0.1, 0.15) is 18.6 Å². The van der Waals surface area contributed by atoms with Crippen LogP contribution in [0.5, 0.6) is 5.75 Å². The van der Waals surface area contributed by atoms with Gasteiger partial charge in [-0.05, 0) is 37.1 Å². The van der Waals surface area contributed by atoms with E-state index in [1.54, 1.807) is 29.2 Å². The van der Waals surface area contributed by atoms with Crippen molar-refractivity contribution in [1.29, 1.82) is 0 Å². The summed E-state index contributed by atoms with van der Waals surface area (Å²) in [6, 6.07) is 6.15. The van der Waals surface area contributed by atoms with Crippen LogP contribution in [0.3, 0.4) is 0 Å². The number of hydrogen-bond acceptors (Lipinski definition) is 5. The first-order valence-electron chi connectivity index (χ1n) is 6.77. The molecule has 2 rings (SSSR count). The molecule has 1 unspecified atom stereocenters. The highest BCUT2D eigenvalue weighted by molar-refractivity contribution is 5.76. The van der Waals surface area contributed by atoms with E-state index in [2.05, 4.69) is 0 Å². The highest BCUT2D eigenvalue weighted by Crippen LogP contribution is 2.20. The van der Waals surface area contributed by atoms with Gasteiger partial charge in [-0.15, -0.1) is 0 Å². The third-order valence-electron chi connectivity index (χ3n) is 3.31. The molecule has 1 saturated heterocycles. The van der Waals surface area contributed by atoms with Gasteiger partial charge in [-0.2, -0.15) is 0 Å². The summed E-state index contributed by atoms with van der Waals surface area (Å²) in [6.07, 6.45) is 1.89. The molecule has 6 heteroatoms. The van der Waals surface area contributed by atoms with E-state index in [4.69, 9.17) is 9.47 Å². The van der Waals surface area contributed by atoms with Crippen LogP contribution in [0.4, 0.5) is 4.79 Å². The number of aldehydes is 1. The van der Waals surface area contributed by atoms with Gasteiger partial charge in [0.2, 0.25) is 0 Å². The van der Waals surface area contributed by atoms with E-state index >= 15 is 0 Å². The molecule has 0 bridgehead atoms. The van der Waals surface area contributed by atoms with Crippen LogP contribution in [0.25, 0.3) is 0 Å². The highest BCUT2D eigenvalue weighted by Gasteiger charge is 2.30. The molecule has 1 aliphatic rings. The van der Waals surface area contributed by atoms with Crippen LogP contribution in [0.15, 0.2) is 24.3 Å². The van der Waals surface area contributed by atoms with Gasteiger partial charge in [-0.25, -0.2) is 4.79 Å². The lowest BCUT2D eigenvalue weighted by Crippen LogP contribution is -2.40. The van der Waals surface area contributed by atoms with E-state index in [1.807, 2.05) is 0 Å². The summed E-state index contributed by atoms with van der Waals surface area (Å²) in [5.41, 5.74) is 0.517. The highest BCUT2D eigenvalue weighted by atomic mass is 16.6. The molecule has 0 aliphatic carbocycles. The van der Waals surface area contributed by atoms with Gasteiger partial charge in [0.15, 0.2) is 0 Å². The van der Waals surface area contributed by atoms with E-state index < -0.39 is 6.09 Å². The minimum absolute atomic E-state index is 0.143. The fourth-order valence-corrected chi connectivity index (χ4v) is 2.24. The summed E-state index contributed by atoms with van der Waals surface area (Å²) < 4.78 is 10.2. The molecule has 112 valence electrons. The molecule has 6 nitrogen and oxygen atoms in total. The third-order valence-corrected chi connectivity index (χ3v) is 3.31. The van der Waals surface area contributed by atoms with Gasteiger partial charge in [-0.3, -0.25) is 9.59 Å². The molecule has 0 saturated carbocycles. The molecule has 0 aromatic heterocycles. The average Bonchev–Trinajstić information content (AvgIpc) is 2.94. The van der Waals surface area contributed by atoms with Crippen LogP contribution in [-0.2, 0) is 9.53 Å². The number of rotatable bonds is 4. The first-order chi connectivity index (χ1) is 10.1. The van der Waals surface area contributed by atoms with E-state index in [1.165, 1.54) is 6.92 Å². The molecule has 1 fully saturated rings. The SMILES string of the molecule is CC(=O)OCC1CCCN1C(=O)Oc1ccc(C=O)cc1. The zero-order valence-corrected chi connectivity index (χ0v) is 11.8. The summed E-state index contributed by atoms with van der Waals surface area (Å²) >= 11 is 0. The molecule has 0 radical (unpaired) electrons. The summed E-state index contributed by atoms with van der Waals surface area (Å²) in [4.78, 5) is 35.1. The second kappa shape index (κ2) is 6.88. The van der Waals surface area contributed by atoms with Crippen LogP contribution in [-0.4, -0.2) is 42.4 Å². The largest absolute Gasteiger partial charge is 0.464 e. The Morgan fingerprint density at radius 1 is 1.33 bits per heavy atom. The molecule has 1 heterocycles. The van der Waals surface area contributed by atoms with Crippen molar-refractivity contribution < 1.29 is 23.9 Å². The minimum Gasteiger partial charge on any atom is -0.464 e. The number of esters is 1. The number of carbonyl (C=O) groups is 3. The Bertz CT molecular complexity index is 525. The van der Waals surface area contributed by atoms with Crippen LogP contribution in [0, 0.1) is 0 Å². The number of ether oxygens (including phenoxy) is 2. The van der Waals surface area contributed by atoms with Gasteiger partial charge in [-0.1, -0.05) is 0 Å². The second-order valence-corrected chi connectivity index (χ2v) is 4.85. The zero-order chi connectivity index (χ0) is 15.2. The summed E-state index contributed by atoms with van der Waals surface area (Å²) in [5, 5.41) is 0. The molecule has 1 amide bonds. The fraction of sp³-hybridized carbons (Fsp3) is 0.400. The van der Waals surface area contributed by atoms with Crippen LogP contribution < -0.4 is 4.74 Å². The average molecular weight is 291 g/mol. The normalized spacial score (nSPS) is 17.4. The van der Waals surface area contributed by atoms with E-state index in [9.17, 15) is 14.4 Å². The van der Waals surface area contributed by atoms with Crippen molar-refractivity contribution in [2.24, 2.45) is 0 Å². The number of carbonyl (C=O) groups excluding carboxylic acids is 3. The predicted octanol–water partition coefficient (Wildman–Crippen LogP) is 2.03. The molecule has 1 atom stereocenters. The van der Waals surface area contributed by atoms with Gasteiger partial charge in [0, 0.05) is 19.0 Å². The molecule has 1 aromatic carbocycles. The van der Waals surface area contributed by atoms with Gasteiger partial charge in [0.05, 0.1) is 6.04 Å². The van der Waals surface area contributed by atoms with Crippen molar-refractivity contribution in [1.82, 2.24) is 4.90 Å². The van der Waals surface area contributed by atoms with Crippen molar-refractivity contribution in [3.8, 4) is 5.75 Å². The third kappa shape index (κ3) is 4.05.